The number of hydrogen-bond acceptors (Lipinski definition) is 4. The molecule has 0 radical (unpaired) electrons. The maximum Gasteiger partial charge on any atom is 0.252 e. The molecule has 6 heteroatoms. The number of imidazole rings is 1. The number of nitrogens with zero attached hydrogens (tertiary/aromatic N) is 1. The molecular weight excluding hydrogens is 270 g/mol. The molecule has 6 nitrogen and oxygen atoms in total. The lowest BCUT2D eigenvalue weighted by Crippen LogP contribution is -2.39. The van der Waals surface area contributed by atoms with E-state index in [2.05, 4.69) is 15.3 Å². The molecule has 0 bridgehead atoms. The summed E-state index contributed by atoms with van der Waals surface area (Å²) in [6, 6.07) is 7.46. The van der Waals surface area contributed by atoms with Crippen molar-refractivity contribution in [3.63, 3.8) is 0 Å². The topological polar surface area (TPSA) is 87.2 Å². The molecule has 0 fully saturated rings. The van der Waals surface area contributed by atoms with Crippen LogP contribution in [0.25, 0.3) is 0 Å². The number of ether oxygens (including phenoxy) is 1. The first-order chi connectivity index (χ1) is 10.2. The minimum atomic E-state index is -1.19. The van der Waals surface area contributed by atoms with Gasteiger partial charge in [0.05, 0.1) is 0 Å². The molecule has 3 N–H and O–H groups in total. The number of rotatable bonds is 7. The Labute approximate surface area is 123 Å². The van der Waals surface area contributed by atoms with Crippen LogP contribution in [0.15, 0.2) is 36.7 Å². The number of para-hydroxylation sites is 1. The number of aromatic amines is 1. The van der Waals surface area contributed by atoms with E-state index in [1.54, 1.807) is 18.5 Å². The van der Waals surface area contributed by atoms with E-state index in [1.807, 2.05) is 25.1 Å². The van der Waals surface area contributed by atoms with E-state index in [9.17, 15) is 9.90 Å². The van der Waals surface area contributed by atoms with Gasteiger partial charge in [-0.15, -0.1) is 0 Å². The highest BCUT2D eigenvalue weighted by Crippen LogP contribution is 2.16. The number of hydrogen-bond donors (Lipinski definition) is 3. The molecule has 0 saturated heterocycles. The predicted octanol–water partition coefficient (Wildman–Crippen LogP) is 0.817. The van der Waals surface area contributed by atoms with E-state index in [-0.39, 0.29) is 6.61 Å². The summed E-state index contributed by atoms with van der Waals surface area (Å²) in [4.78, 5) is 18.7. The average Bonchev–Trinajstić information content (AvgIpc) is 2.99. The number of amides is 1. The fourth-order valence-electron chi connectivity index (χ4n) is 1.82. The molecule has 1 amide bonds. The Balaban J connectivity index is 1.71. The van der Waals surface area contributed by atoms with Crippen LogP contribution in [0.4, 0.5) is 0 Å². The van der Waals surface area contributed by atoms with Crippen molar-refractivity contribution in [3.8, 4) is 5.75 Å². The Morgan fingerprint density at radius 2 is 2.29 bits per heavy atom. The summed E-state index contributed by atoms with van der Waals surface area (Å²) in [6.45, 7) is 2.25. The normalized spacial score (nSPS) is 11.9. The number of aliphatic hydroxyl groups excluding tert-OH is 1. The monoisotopic (exact) mass is 289 g/mol. The zero-order valence-corrected chi connectivity index (χ0v) is 11.9. The third-order valence-corrected chi connectivity index (χ3v) is 3.01. The van der Waals surface area contributed by atoms with Crippen LogP contribution in [0.5, 0.6) is 5.75 Å². The first-order valence-corrected chi connectivity index (χ1v) is 6.79. The van der Waals surface area contributed by atoms with Crippen LogP contribution in [0.2, 0.25) is 0 Å². The van der Waals surface area contributed by atoms with Gasteiger partial charge in [0.15, 0.2) is 6.10 Å². The van der Waals surface area contributed by atoms with Crippen LogP contribution in [0.1, 0.15) is 11.4 Å². The summed E-state index contributed by atoms with van der Waals surface area (Å²) >= 11 is 0. The van der Waals surface area contributed by atoms with Crippen molar-refractivity contribution in [2.45, 2.75) is 19.4 Å². The minimum Gasteiger partial charge on any atom is -0.490 e. The standard InChI is InChI=1S/C15H19N3O3/c1-11-4-2-3-5-13(11)21-10-12(19)15(20)18-7-6-14-16-8-9-17-14/h2-5,8-9,12,19H,6-7,10H2,1H3,(H,16,17)(H,18,20). The smallest absolute Gasteiger partial charge is 0.252 e. The lowest BCUT2D eigenvalue weighted by atomic mass is 10.2. The second-order valence-corrected chi connectivity index (χ2v) is 4.67. The molecule has 112 valence electrons. The van der Waals surface area contributed by atoms with Crippen LogP contribution in [-0.2, 0) is 11.2 Å². The lowest BCUT2D eigenvalue weighted by Gasteiger charge is -2.13. The van der Waals surface area contributed by atoms with Crippen LogP contribution in [-0.4, -0.2) is 40.2 Å². The zero-order chi connectivity index (χ0) is 15.1. The van der Waals surface area contributed by atoms with Crippen molar-refractivity contribution in [1.82, 2.24) is 15.3 Å². The third-order valence-electron chi connectivity index (χ3n) is 3.01. The number of H-pyrrole nitrogens is 1. The SMILES string of the molecule is Cc1ccccc1OCC(O)C(=O)NCCc1ncc[nH]1. The van der Waals surface area contributed by atoms with Crippen molar-refractivity contribution in [2.24, 2.45) is 0 Å². The maximum atomic E-state index is 11.7. The van der Waals surface area contributed by atoms with Gasteiger partial charge in [-0.25, -0.2) is 4.98 Å². The van der Waals surface area contributed by atoms with Gasteiger partial charge in [0.25, 0.3) is 5.91 Å². The van der Waals surface area contributed by atoms with E-state index in [0.717, 1.165) is 11.4 Å². The molecule has 21 heavy (non-hydrogen) atoms. The number of aryl methyl sites for hydroxylation is 1. The first-order valence-electron chi connectivity index (χ1n) is 6.79. The molecule has 1 heterocycles. The molecule has 2 rings (SSSR count). The van der Waals surface area contributed by atoms with Gasteiger partial charge >= 0.3 is 0 Å². The van der Waals surface area contributed by atoms with Gasteiger partial charge in [-0.05, 0) is 18.6 Å². The van der Waals surface area contributed by atoms with Gasteiger partial charge in [0, 0.05) is 25.4 Å². The molecule has 2 aromatic rings. The van der Waals surface area contributed by atoms with E-state index in [0.29, 0.717) is 18.7 Å². The second-order valence-electron chi connectivity index (χ2n) is 4.67. The van der Waals surface area contributed by atoms with Gasteiger partial charge in [0.2, 0.25) is 0 Å². The van der Waals surface area contributed by atoms with Crippen LogP contribution < -0.4 is 10.1 Å². The highest BCUT2D eigenvalue weighted by molar-refractivity contribution is 5.80. The lowest BCUT2D eigenvalue weighted by molar-refractivity contribution is -0.130. The molecule has 1 atom stereocenters. The fraction of sp³-hybridized carbons (Fsp3) is 0.333. The van der Waals surface area contributed by atoms with Gasteiger partial charge < -0.3 is 20.1 Å². The van der Waals surface area contributed by atoms with Gasteiger partial charge in [0.1, 0.15) is 18.2 Å². The molecule has 1 unspecified atom stereocenters. The second kappa shape index (κ2) is 7.44. The van der Waals surface area contributed by atoms with Crippen molar-refractivity contribution in [3.05, 3.63) is 48.0 Å². The summed E-state index contributed by atoms with van der Waals surface area (Å²) in [5.74, 6) is 1.01. The Bertz CT molecular complexity index is 569. The molecule has 1 aromatic heterocycles. The van der Waals surface area contributed by atoms with Crippen molar-refractivity contribution in [1.29, 1.82) is 0 Å². The van der Waals surface area contributed by atoms with Gasteiger partial charge in [-0.3, -0.25) is 4.79 Å². The minimum absolute atomic E-state index is 0.0720. The largest absolute Gasteiger partial charge is 0.490 e. The highest BCUT2D eigenvalue weighted by Gasteiger charge is 2.15. The third kappa shape index (κ3) is 4.61. The van der Waals surface area contributed by atoms with E-state index in [4.69, 9.17) is 4.74 Å². The summed E-state index contributed by atoms with van der Waals surface area (Å²) in [5.41, 5.74) is 0.961. The predicted molar refractivity (Wildman–Crippen MR) is 78.0 cm³/mol. The summed E-state index contributed by atoms with van der Waals surface area (Å²) in [6.07, 6.45) is 2.77. The van der Waals surface area contributed by atoms with Crippen LogP contribution in [0, 0.1) is 6.92 Å². The summed E-state index contributed by atoms with van der Waals surface area (Å²) in [7, 11) is 0. The van der Waals surface area contributed by atoms with Crippen molar-refractivity contribution >= 4 is 5.91 Å². The number of carbonyl (C=O) groups excluding carboxylic acids is 1. The average molecular weight is 289 g/mol. The molecule has 0 aliphatic heterocycles. The number of benzene rings is 1. The highest BCUT2D eigenvalue weighted by atomic mass is 16.5. The summed E-state index contributed by atoms with van der Waals surface area (Å²) in [5, 5.41) is 12.4. The first kappa shape index (κ1) is 15.1. The summed E-state index contributed by atoms with van der Waals surface area (Å²) < 4.78 is 5.44. The quantitative estimate of drug-likeness (QED) is 0.704. The molecule has 0 aliphatic carbocycles. The maximum absolute atomic E-state index is 11.7. The Kier molecular flexibility index (Phi) is 5.34. The zero-order valence-electron chi connectivity index (χ0n) is 11.9. The molecule has 1 aromatic carbocycles. The number of nitrogens with one attached hydrogen (secondary N) is 2. The number of carbonyl (C=O) groups is 1. The molecule has 0 saturated carbocycles. The van der Waals surface area contributed by atoms with Crippen LogP contribution in [0.3, 0.4) is 0 Å². The Morgan fingerprint density at radius 3 is 3.00 bits per heavy atom. The Morgan fingerprint density at radius 1 is 1.48 bits per heavy atom. The Hall–Kier alpha value is -2.34. The number of aliphatic hydroxyl groups is 1. The van der Waals surface area contributed by atoms with E-state index in [1.165, 1.54) is 0 Å². The fourth-order valence-corrected chi connectivity index (χ4v) is 1.82. The van der Waals surface area contributed by atoms with Crippen molar-refractivity contribution < 1.29 is 14.6 Å². The van der Waals surface area contributed by atoms with E-state index < -0.39 is 12.0 Å². The van der Waals surface area contributed by atoms with Crippen LogP contribution >= 0.6 is 0 Å². The molecule has 0 aliphatic rings. The van der Waals surface area contributed by atoms with Crippen molar-refractivity contribution in [2.75, 3.05) is 13.2 Å². The molecule has 0 spiro atoms. The van der Waals surface area contributed by atoms with Gasteiger partial charge in [-0.2, -0.15) is 0 Å². The van der Waals surface area contributed by atoms with Gasteiger partial charge in [-0.1, -0.05) is 18.2 Å². The van der Waals surface area contributed by atoms with E-state index >= 15 is 0 Å². The number of aromatic nitrogens is 2. The molecular formula is C15H19N3O3.